The van der Waals surface area contributed by atoms with Crippen LogP contribution in [0.25, 0.3) is 0 Å². The Kier molecular flexibility index (Phi) is 6.62. The van der Waals surface area contributed by atoms with Crippen molar-refractivity contribution in [2.45, 2.75) is 6.92 Å². The molecule has 7 nitrogen and oxygen atoms in total. The fourth-order valence-electron chi connectivity index (χ4n) is 2.25. The number of esters is 2. The van der Waals surface area contributed by atoms with E-state index in [1.807, 2.05) is 0 Å². The first-order chi connectivity index (χ1) is 12.8. The van der Waals surface area contributed by atoms with Gasteiger partial charge in [-0.1, -0.05) is 0 Å². The number of ketones is 1. The number of carbonyl (C=O) groups is 3. The number of nitrogens with one attached hydrogen (secondary N) is 2. The molecule has 2 rings (SSSR count). The Bertz CT molecular complexity index is 859. The second kappa shape index (κ2) is 8.91. The van der Waals surface area contributed by atoms with Gasteiger partial charge in [-0.15, -0.1) is 0 Å². The van der Waals surface area contributed by atoms with Gasteiger partial charge >= 0.3 is 11.9 Å². The van der Waals surface area contributed by atoms with Crippen molar-refractivity contribution >= 4 is 46.4 Å². The fraction of sp³-hybridized carbons (Fsp3) is 0.158. The molecule has 2 N–H and O–H groups in total. The highest BCUT2D eigenvalue weighted by atomic mass is 32.1. The molecule has 0 radical (unpaired) electrons. The molecule has 0 atom stereocenters. The summed E-state index contributed by atoms with van der Waals surface area (Å²) >= 11 is 5.26. The lowest BCUT2D eigenvalue weighted by Gasteiger charge is -2.13. The maximum atomic E-state index is 11.8. The second-order valence-electron chi connectivity index (χ2n) is 5.49. The Labute approximate surface area is 161 Å². The molecule has 0 bridgehead atoms. The molecule has 0 heterocycles. The Morgan fingerprint density at radius 3 is 1.70 bits per heavy atom. The molecule has 0 saturated carbocycles. The SMILES string of the molecule is COC(=O)c1cc(NC(=S)Nc2ccc(C(C)=O)cc2)cc(C(=O)OC)c1. The molecule has 0 saturated heterocycles. The summed E-state index contributed by atoms with van der Waals surface area (Å²) in [6.45, 7) is 1.49. The smallest absolute Gasteiger partial charge is 0.337 e. The first-order valence-corrected chi connectivity index (χ1v) is 8.25. The molecule has 2 aromatic rings. The number of rotatable bonds is 5. The third-order valence-electron chi connectivity index (χ3n) is 3.58. The fourth-order valence-corrected chi connectivity index (χ4v) is 2.49. The predicted octanol–water partition coefficient (Wildman–Crippen LogP) is 3.27. The molecular formula is C19H18N2O5S. The minimum Gasteiger partial charge on any atom is -0.465 e. The van der Waals surface area contributed by atoms with E-state index >= 15 is 0 Å². The number of anilines is 2. The lowest BCUT2D eigenvalue weighted by Crippen LogP contribution is -2.20. The minimum absolute atomic E-state index is 0.0304. The highest BCUT2D eigenvalue weighted by Gasteiger charge is 2.14. The molecule has 0 fully saturated rings. The van der Waals surface area contributed by atoms with Crippen LogP contribution in [0.2, 0.25) is 0 Å². The first kappa shape index (κ1) is 20.1. The topological polar surface area (TPSA) is 93.7 Å². The van der Waals surface area contributed by atoms with E-state index in [0.29, 0.717) is 16.9 Å². The zero-order valence-electron chi connectivity index (χ0n) is 15.0. The van der Waals surface area contributed by atoms with Gasteiger partial charge in [-0.05, 0) is 61.6 Å². The van der Waals surface area contributed by atoms with E-state index in [-0.39, 0.29) is 22.0 Å². The van der Waals surface area contributed by atoms with Crippen molar-refractivity contribution in [2.75, 3.05) is 24.9 Å². The van der Waals surface area contributed by atoms with Gasteiger partial charge in [0.05, 0.1) is 25.3 Å². The van der Waals surface area contributed by atoms with Crippen molar-refractivity contribution in [2.24, 2.45) is 0 Å². The van der Waals surface area contributed by atoms with Crippen LogP contribution in [0, 0.1) is 0 Å². The maximum absolute atomic E-state index is 11.8. The average molecular weight is 386 g/mol. The van der Waals surface area contributed by atoms with Crippen LogP contribution in [0.1, 0.15) is 38.0 Å². The molecule has 0 spiro atoms. The standard InChI is InChI=1S/C19H18N2O5S/c1-11(22)12-4-6-15(7-5-12)20-19(27)21-16-9-13(17(23)25-2)8-14(10-16)18(24)26-3/h4-10H,1-3H3,(H2,20,21,27). The zero-order valence-corrected chi connectivity index (χ0v) is 15.8. The zero-order chi connectivity index (χ0) is 20.0. The monoisotopic (exact) mass is 386 g/mol. The van der Waals surface area contributed by atoms with E-state index < -0.39 is 11.9 Å². The van der Waals surface area contributed by atoms with Gasteiger partial charge in [0.15, 0.2) is 10.9 Å². The molecule has 8 heteroatoms. The van der Waals surface area contributed by atoms with Crippen molar-refractivity contribution in [3.8, 4) is 0 Å². The van der Waals surface area contributed by atoms with Crippen LogP contribution in [0.5, 0.6) is 0 Å². The normalized spacial score (nSPS) is 9.89. The van der Waals surface area contributed by atoms with Gasteiger partial charge < -0.3 is 20.1 Å². The second-order valence-corrected chi connectivity index (χ2v) is 5.90. The van der Waals surface area contributed by atoms with Gasteiger partial charge in [-0.2, -0.15) is 0 Å². The lowest BCUT2D eigenvalue weighted by molar-refractivity contribution is 0.0599. The largest absolute Gasteiger partial charge is 0.465 e. The van der Waals surface area contributed by atoms with E-state index in [4.69, 9.17) is 21.7 Å². The van der Waals surface area contributed by atoms with Gasteiger partial charge in [0, 0.05) is 16.9 Å². The van der Waals surface area contributed by atoms with Crippen LogP contribution in [0.15, 0.2) is 42.5 Å². The van der Waals surface area contributed by atoms with Crippen LogP contribution < -0.4 is 10.6 Å². The summed E-state index contributed by atoms with van der Waals surface area (Å²) in [5.41, 5.74) is 2.03. The van der Waals surface area contributed by atoms with Crippen molar-refractivity contribution in [1.82, 2.24) is 0 Å². The molecular weight excluding hydrogens is 368 g/mol. The summed E-state index contributed by atoms with van der Waals surface area (Å²) in [5, 5.41) is 6.10. The number of hydrogen-bond acceptors (Lipinski definition) is 6. The summed E-state index contributed by atoms with van der Waals surface area (Å²) in [4.78, 5) is 34.9. The number of ether oxygens (including phenoxy) is 2. The number of carbonyl (C=O) groups excluding carboxylic acids is 3. The van der Waals surface area contributed by atoms with E-state index in [1.165, 1.54) is 39.3 Å². The van der Waals surface area contributed by atoms with E-state index in [2.05, 4.69) is 10.6 Å². The van der Waals surface area contributed by atoms with Crippen LogP contribution in [-0.2, 0) is 9.47 Å². The van der Waals surface area contributed by atoms with Crippen molar-refractivity contribution in [3.63, 3.8) is 0 Å². The Hall–Kier alpha value is -3.26. The minimum atomic E-state index is -0.595. The van der Waals surface area contributed by atoms with E-state index in [9.17, 15) is 14.4 Å². The first-order valence-electron chi connectivity index (χ1n) is 7.84. The molecule has 0 aliphatic rings. The van der Waals surface area contributed by atoms with Crippen molar-refractivity contribution < 1.29 is 23.9 Å². The number of thiocarbonyl (C=S) groups is 1. The molecule has 0 unspecified atom stereocenters. The van der Waals surface area contributed by atoms with Crippen LogP contribution >= 0.6 is 12.2 Å². The Morgan fingerprint density at radius 2 is 1.26 bits per heavy atom. The highest BCUT2D eigenvalue weighted by Crippen LogP contribution is 2.18. The Balaban J connectivity index is 2.19. The van der Waals surface area contributed by atoms with Crippen LogP contribution in [0.4, 0.5) is 11.4 Å². The molecule has 0 aliphatic carbocycles. The van der Waals surface area contributed by atoms with Gasteiger partial charge in [-0.3, -0.25) is 4.79 Å². The summed E-state index contributed by atoms with van der Waals surface area (Å²) in [7, 11) is 2.49. The number of benzene rings is 2. The van der Waals surface area contributed by atoms with Gasteiger partial charge in [0.25, 0.3) is 0 Å². The molecule has 0 aliphatic heterocycles. The number of Topliss-reactive ketones (excluding diaryl/α,β-unsaturated/α-hetero) is 1. The molecule has 27 heavy (non-hydrogen) atoms. The third-order valence-corrected chi connectivity index (χ3v) is 3.79. The number of hydrogen-bond donors (Lipinski definition) is 2. The van der Waals surface area contributed by atoms with Crippen molar-refractivity contribution in [3.05, 3.63) is 59.2 Å². The van der Waals surface area contributed by atoms with E-state index in [1.54, 1.807) is 24.3 Å². The average Bonchev–Trinajstić information content (AvgIpc) is 2.66. The lowest BCUT2D eigenvalue weighted by atomic mass is 10.1. The van der Waals surface area contributed by atoms with E-state index in [0.717, 1.165) is 0 Å². The summed E-state index contributed by atoms with van der Waals surface area (Å²) in [5.74, 6) is -1.22. The maximum Gasteiger partial charge on any atom is 0.337 e. The molecule has 140 valence electrons. The summed E-state index contributed by atoms with van der Waals surface area (Å²) in [6.07, 6.45) is 0. The van der Waals surface area contributed by atoms with Gasteiger partial charge in [0.1, 0.15) is 0 Å². The van der Waals surface area contributed by atoms with Gasteiger partial charge in [-0.25, -0.2) is 9.59 Å². The quantitative estimate of drug-likeness (QED) is 0.459. The van der Waals surface area contributed by atoms with Crippen molar-refractivity contribution in [1.29, 1.82) is 0 Å². The van der Waals surface area contributed by atoms with Crippen LogP contribution in [0.3, 0.4) is 0 Å². The third kappa shape index (κ3) is 5.35. The highest BCUT2D eigenvalue weighted by molar-refractivity contribution is 7.80. The summed E-state index contributed by atoms with van der Waals surface area (Å²) < 4.78 is 9.39. The van der Waals surface area contributed by atoms with Gasteiger partial charge in [0.2, 0.25) is 0 Å². The summed E-state index contributed by atoms with van der Waals surface area (Å²) in [6, 6.07) is 11.2. The van der Waals surface area contributed by atoms with Crippen LogP contribution in [-0.4, -0.2) is 37.1 Å². The molecule has 0 amide bonds. The molecule has 0 aromatic heterocycles. The molecule has 2 aromatic carbocycles. The Morgan fingerprint density at radius 1 is 0.778 bits per heavy atom. The predicted molar refractivity (Wildman–Crippen MR) is 105 cm³/mol. The number of methoxy groups -OCH3 is 2.